The van der Waals surface area contributed by atoms with Crippen LogP contribution in [0.25, 0.3) is 0 Å². The lowest BCUT2D eigenvalue weighted by Crippen LogP contribution is -2.14. The van der Waals surface area contributed by atoms with Crippen LogP contribution in [-0.2, 0) is 19.8 Å². The quantitative estimate of drug-likeness (QED) is 0.589. The minimum atomic E-state index is -4.46. The van der Waals surface area contributed by atoms with Crippen molar-refractivity contribution in [2.45, 2.75) is 12.7 Å². The van der Waals surface area contributed by atoms with Crippen LogP contribution in [-0.4, -0.2) is 14.5 Å². The van der Waals surface area contributed by atoms with Gasteiger partial charge in [-0.25, -0.2) is 15.8 Å². The summed E-state index contributed by atoms with van der Waals surface area (Å²) in [5.41, 5.74) is 1.28. The summed E-state index contributed by atoms with van der Waals surface area (Å²) in [5, 5.41) is 2.79. The van der Waals surface area contributed by atoms with E-state index < -0.39 is 11.7 Å². The first kappa shape index (κ1) is 14.1. The molecule has 6 nitrogen and oxygen atoms in total. The highest BCUT2D eigenvalue weighted by Crippen LogP contribution is 2.31. The number of nitrogen functional groups attached to an aromatic ring is 1. The third-order valence-corrected chi connectivity index (χ3v) is 2.65. The predicted molar refractivity (Wildman–Crippen MR) is 67.6 cm³/mol. The van der Waals surface area contributed by atoms with Gasteiger partial charge in [0.05, 0.1) is 12.1 Å². The van der Waals surface area contributed by atoms with Gasteiger partial charge in [0.15, 0.2) is 0 Å². The van der Waals surface area contributed by atoms with Crippen molar-refractivity contribution in [2.75, 3.05) is 10.7 Å². The van der Waals surface area contributed by atoms with Gasteiger partial charge in [-0.3, -0.25) is 0 Å². The van der Waals surface area contributed by atoms with Gasteiger partial charge in [-0.05, 0) is 12.1 Å². The molecule has 0 bridgehead atoms. The van der Waals surface area contributed by atoms with E-state index in [2.05, 4.69) is 20.7 Å². The number of anilines is 2. The number of nitrogens with zero attached hydrogens (tertiary/aromatic N) is 3. The SMILES string of the molecule is Cn1ccnc1CNc1cc(C(F)(F)F)cc(NN)n1. The van der Waals surface area contributed by atoms with Gasteiger partial charge in [0.2, 0.25) is 0 Å². The first-order valence-electron chi connectivity index (χ1n) is 5.66. The van der Waals surface area contributed by atoms with Crippen molar-refractivity contribution in [2.24, 2.45) is 12.9 Å². The lowest BCUT2D eigenvalue weighted by atomic mass is 10.2. The van der Waals surface area contributed by atoms with Gasteiger partial charge in [-0.2, -0.15) is 13.2 Å². The highest BCUT2D eigenvalue weighted by molar-refractivity contribution is 5.49. The number of alkyl halides is 3. The van der Waals surface area contributed by atoms with Gasteiger partial charge in [0.1, 0.15) is 17.5 Å². The monoisotopic (exact) mass is 286 g/mol. The zero-order valence-electron chi connectivity index (χ0n) is 10.6. The summed E-state index contributed by atoms with van der Waals surface area (Å²) in [6, 6.07) is 1.76. The summed E-state index contributed by atoms with van der Waals surface area (Å²) in [4.78, 5) is 7.97. The van der Waals surface area contributed by atoms with E-state index in [0.29, 0.717) is 5.82 Å². The topological polar surface area (TPSA) is 80.8 Å². The van der Waals surface area contributed by atoms with Gasteiger partial charge in [0.25, 0.3) is 0 Å². The maximum Gasteiger partial charge on any atom is 0.416 e. The molecule has 0 aliphatic carbocycles. The molecule has 2 rings (SSSR count). The Labute approximate surface area is 112 Å². The molecule has 20 heavy (non-hydrogen) atoms. The number of hydrazine groups is 1. The molecule has 0 aliphatic heterocycles. The summed E-state index contributed by atoms with van der Waals surface area (Å²) in [6.45, 7) is 0.252. The van der Waals surface area contributed by atoms with Crippen LogP contribution in [0.4, 0.5) is 24.8 Å². The summed E-state index contributed by atoms with van der Waals surface area (Å²) in [6.07, 6.45) is -1.12. The summed E-state index contributed by atoms with van der Waals surface area (Å²) >= 11 is 0. The van der Waals surface area contributed by atoms with Crippen LogP contribution < -0.4 is 16.6 Å². The molecule has 0 unspecified atom stereocenters. The van der Waals surface area contributed by atoms with Crippen molar-refractivity contribution in [1.29, 1.82) is 0 Å². The summed E-state index contributed by atoms with van der Waals surface area (Å²) < 4.78 is 39.9. The minimum absolute atomic E-state index is 0.0655. The lowest BCUT2D eigenvalue weighted by molar-refractivity contribution is -0.137. The van der Waals surface area contributed by atoms with E-state index >= 15 is 0 Å². The number of imidazole rings is 1. The van der Waals surface area contributed by atoms with Gasteiger partial charge >= 0.3 is 6.18 Å². The molecule has 2 aromatic rings. The number of hydrogen-bond acceptors (Lipinski definition) is 5. The Morgan fingerprint density at radius 2 is 2.00 bits per heavy atom. The maximum absolute atomic E-state index is 12.7. The molecule has 2 aromatic heterocycles. The Bertz CT molecular complexity index is 592. The zero-order chi connectivity index (χ0) is 14.8. The average Bonchev–Trinajstić information content (AvgIpc) is 2.80. The molecule has 9 heteroatoms. The number of nitrogens with two attached hydrogens (primary N) is 1. The van der Waals surface area contributed by atoms with Crippen molar-refractivity contribution in [3.8, 4) is 0 Å². The number of aromatic nitrogens is 3. The van der Waals surface area contributed by atoms with Gasteiger partial charge in [-0.15, -0.1) is 0 Å². The van der Waals surface area contributed by atoms with Crippen LogP contribution in [0.3, 0.4) is 0 Å². The second-order valence-electron chi connectivity index (χ2n) is 4.08. The molecule has 4 N–H and O–H groups in total. The van der Waals surface area contributed by atoms with Crippen LogP contribution in [0.2, 0.25) is 0 Å². The van der Waals surface area contributed by atoms with E-state index in [1.54, 1.807) is 24.0 Å². The highest BCUT2D eigenvalue weighted by Gasteiger charge is 2.31. The number of hydrogen-bond donors (Lipinski definition) is 3. The number of aryl methyl sites for hydroxylation is 1. The van der Waals surface area contributed by atoms with Gasteiger partial charge in [0, 0.05) is 19.4 Å². The Morgan fingerprint density at radius 1 is 1.30 bits per heavy atom. The second kappa shape index (κ2) is 5.37. The zero-order valence-corrected chi connectivity index (χ0v) is 10.6. The maximum atomic E-state index is 12.7. The number of pyridine rings is 1. The van der Waals surface area contributed by atoms with Crippen LogP contribution in [0.15, 0.2) is 24.5 Å². The van der Waals surface area contributed by atoms with E-state index in [1.807, 2.05) is 0 Å². The van der Waals surface area contributed by atoms with Gasteiger partial charge < -0.3 is 15.3 Å². The van der Waals surface area contributed by atoms with E-state index in [-0.39, 0.29) is 18.2 Å². The van der Waals surface area contributed by atoms with E-state index in [0.717, 1.165) is 12.1 Å². The molecule has 0 atom stereocenters. The van der Waals surface area contributed by atoms with Crippen LogP contribution in [0, 0.1) is 0 Å². The Morgan fingerprint density at radius 3 is 2.55 bits per heavy atom. The molecule has 0 fully saturated rings. The van der Waals surface area contributed by atoms with Crippen molar-refractivity contribution in [3.63, 3.8) is 0 Å². The molecule has 0 amide bonds. The fraction of sp³-hybridized carbons (Fsp3) is 0.273. The molecule has 0 spiro atoms. The summed E-state index contributed by atoms with van der Waals surface area (Å²) in [7, 11) is 1.79. The summed E-state index contributed by atoms with van der Waals surface area (Å²) in [5.74, 6) is 5.79. The smallest absolute Gasteiger partial charge is 0.363 e. The van der Waals surface area contributed by atoms with Crippen molar-refractivity contribution in [3.05, 3.63) is 35.9 Å². The normalized spacial score (nSPS) is 11.4. The first-order chi connectivity index (χ1) is 9.40. The standard InChI is InChI=1S/C11H13F3N6/c1-20-3-2-16-10(20)6-17-8-4-7(11(12,13)14)5-9(18-8)19-15/h2-5H,6,15H2,1H3,(H2,17,18,19). The molecular formula is C11H13F3N6. The van der Waals surface area contributed by atoms with Crippen LogP contribution >= 0.6 is 0 Å². The number of nitrogens with one attached hydrogen (secondary N) is 2. The van der Waals surface area contributed by atoms with Gasteiger partial charge in [-0.1, -0.05) is 0 Å². The van der Waals surface area contributed by atoms with Crippen molar-refractivity contribution >= 4 is 11.6 Å². The third kappa shape index (κ3) is 3.18. The highest BCUT2D eigenvalue weighted by atomic mass is 19.4. The first-order valence-corrected chi connectivity index (χ1v) is 5.66. The molecule has 0 aliphatic rings. The Kier molecular flexibility index (Phi) is 3.79. The van der Waals surface area contributed by atoms with Crippen LogP contribution in [0.1, 0.15) is 11.4 Å². The number of rotatable bonds is 4. The Balaban J connectivity index is 2.21. The molecular weight excluding hydrogens is 273 g/mol. The molecule has 108 valence electrons. The second-order valence-corrected chi connectivity index (χ2v) is 4.08. The fourth-order valence-corrected chi connectivity index (χ4v) is 1.60. The predicted octanol–water partition coefficient (Wildman–Crippen LogP) is 1.73. The minimum Gasteiger partial charge on any atom is -0.363 e. The van der Waals surface area contributed by atoms with Crippen LogP contribution in [0.5, 0.6) is 0 Å². The van der Waals surface area contributed by atoms with Crippen molar-refractivity contribution < 1.29 is 13.2 Å². The molecule has 0 radical (unpaired) electrons. The molecule has 2 heterocycles. The van der Waals surface area contributed by atoms with Crippen molar-refractivity contribution in [1.82, 2.24) is 14.5 Å². The van der Waals surface area contributed by atoms with E-state index in [1.165, 1.54) is 0 Å². The van der Waals surface area contributed by atoms with E-state index in [4.69, 9.17) is 5.84 Å². The average molecular weight is 286 g/mol. The largest absolute Gasteiger partial charge is 0.416 e. The third-order valence-electron chi connectivity index (χ3n) is 2.65. The molecule has 0 saturated carbocycles. The fourth-order valence-electron chi connectivity index (χ4n) is 1.60. The lowest BCUT2D eigenvalue weighted by Gasteiger charge is -2.12. The Hall–Kier alpha value is -2.29. The molecule has 0 saturated heterocycles. The molecule has 0 aromatic carbocycles. The number of halogens is 3. The van der Waals surface area contributed by atoms with E-state index in [9.17, 15) is 13.2 Å².